The standard InChI is InChI=1S/C23H23FN4O3/c1-22(2,3)31-21(29)28-10-4-8-23(24,14-28)20-27-18-12-15(5-6-19(18)30-20)16-7-9-26-17(11-16)13-25/h5-7,9,11-12H,4,8,10,14H2,1-3H3. The average molecular weight is 422 g/mol. The number of pyridine rings is 1. The number of likely N-dealkylation sites (tertiary alicyclic amines) is 1. The molecule has 31 heavy (non-hydrogen) atoms. The van der Waals surface area contributed by atoms with Gasteiger partial charge in [0.05, 0.1) is 6.54 Å². The summed E-state index contributed by atoms with van der Waals surface area (Å²) in [5.74, 6) is -0.0413. The van der Waals surface area contributed by atoms with Crippen LogP contribution >= 0.6 is 0 Å². The second kappa shape index (κ2) is 7.65. The molecule has 3 heterocycles. The molecule has 1 atom stereocenters. The number of oxazole rings is 1. The van der Waals surface area contributed by atoms with E-state index in [0.29, 0.717) is 29.8 Å². The smallest absolute Gasteiger partial charge is 0.410 e. The van der Waals surface area contributed by atoms with Crippen LogP contribution in [-0.2, 0) is 10.4 Å². The monoisotopic (exact) mass is 422 g/mol. The van der Waals surface area contributed by atoms with Crippen LogP contribution in [0.2, 0.25) is 0 Å². The maximum atomic E-state index is 15.9. The Bertz CT molecular complexity index is 1180. The van der Waals surface area contributed by atoms with Crippen molar-refractivity contribution >= 4 is 17.2 Å². The van der Waals surface area contributed by atoms with Gasteiger partial charge < -0.3 is 14.1 Å². The number of amides is 1. The minimum Gasteiger partial charge on any atom is -0.444 e. The van der Waals surface area contributed by atoms with E-state index in [4.69, 9.17) is 14.4 Å². The lowest BCUT2D eigenvalue weighted by Crippen LogP contribution is -2.48. The van der Waals surface area contributed by atoms with E-state index in [2.05, 4.69) is 9.97 Å². The largest absolute Gasteiger partial charge is 0.444 e. The molecule has 7 nitrogen and oxygen atoms in total. The molecule has 0 saturated carbocycles. The van der Waals surface area contributed by atoms with E-state index in [1.54, 1.807) is 51.2 Å². The number of ether oxygens (including phenoxy) is 1. The third-order valence-corrected chi connectivity index (χ3v) is 5.07. The first-order valence-corrected chi connectivity index (χ1v) is 10.1. The molecule has 0 radical (unpaired) electrons. The first-order valence-electron chi connectivity index (χ1n) is 10.1. The number of nitriles is 1. The van der Waals surface area contributed by atoms with Crippen LogP contribution in [0.15, 0.2) is 40.9 Å². The molecule has 0 N–H and O–H groups in total. The number of carbonyl (C=O) groups excluding carboxylic acids is 1. The van der Waals surface area contributed by atoms with Crippen molar-refractivity contribution in [1.82, 2.24) is 14.9 Å². The highest BCUT2D eigenvalue weighted by atomic mass is 19.1. The van der Waals surface area contributed by atoms with Gasteiger partial charge in [0.1, 0.15) is 22.9 Å². The number of nitrogens with zero attached hydrogens (tertiary/aromatic N) is 4. The Hall–Kier alpha value is -3.47. The summed E-state index contributed by atoms with van der Waals surface area (Å²) in [6, 6.07) is 10.8. The first-order chi connectivity index (χ1) is 14.7. The Labute approximate surface area is 179 Å². The molecule has 3 aromatic rings. The molecule has 160 valence electrons. The van der Waals surface area contributed by atoms with Crippen LogP contribution in [0.5, 0.6) is 0 Å². The number of aromatic nitrogens is 2. The summed E-state index contributed by atoms with van der Waals surface area (Å²) in [7, 11) is 0. The topological polar surface area (TPSA) is 92.2 Å². The summed E-state index contributed by atoms with van der Waals surface area (Å²) in [5.41, 5.74) is 0.359. The van der Waals surface area contributed by atoms with Crippen molar-refractivity contribution in [2.24, 2.45) is 0 Å². The quantitative estimate of drug-likeness (QED) is 0.580. The van der Waals surface area contributed by atoms with Crippen LogP contribution in [0, 0.1) is 11.3 Å². The molecule has 0 aliphatic carbocycles. The number of hydrogen-bond acceptors (Lipinski definition) is 6. The second-order valence-electron chi connectivity index (χ2n) is 8.71. The van der Waals surface area contributed by atoms with Crippen molar-refractivity contribution in [3.63, 3.8) is 0 Å². The number of fused-ring (bicyclic) bond motifs is 1. The molecule has 1 aliphatic heterocycles. The fourth-order valence-electron chi connectivity index (χ4n) is 3.64. The highest BCUT2D eigenvalue weighted by molar-refractivity contribution is 5.80. The molecule has 4 rings (SSSR count). The van der Waals surface area contributed by atoms with E-state index in [1.807, 2.05) is 12.1 Å². The summed E-state index contributed by atoms with van der Waals surface area (Å²) in [6.07, 6.45) is 1.71. The van der Waals surface area contributed by atoms with Crippen LogP contribution in [0.25, 0.3) is 22.2 Å². The van der Waals surface area contributed by atoms with Gasteiger partial charge in [-0.3, -0.25) is 0 Å². The highest BCUT2D eigenvalue weighted by Gasteiger charge is 2.44. The number of hydrogen-bond donors (Lipinski definition) is 0. The van der Waals surface area contributed by atoms with Gasteiger partial charge in [0.15, 0.2) is 5.58 Å². The van der Waals surface area contributed by atoms with Crippen LogP contribution in [0.3, 0.4) is 0 Å². The van der Waals surface area contributed by atoms with Crippen molar-refractivity contribution in [1.29, 1.82) is 5.26 Å². The van der Waals surface area contributed by atoms with E-state index in [0.717, 1.165) is 11.1 Å². The summed E-state index contributed by atoms with van der Waals surface area (Å²) in [5, 5.41) is 9.06. The minimum absolute atomic E-state index is 0.0413. The van der Waals surface area contributed by atoms with Crippen molar-refractivity contribution < 1.29 is 18.3 Å². The molecule has 8 heteroatoms. The van der Waals surface area contributed by atoms with Gasteiger partial charge >= 0.3 is 6.09 Å². The molecule has 1 saturated heterocycles. The van der Waals surface area contributed by atoms with Crippen molar-refractivity contribution in [3.8, 4) is 17.2 Å². The molecule has 0 bridgehead atoms. The third kappa shape index (κ3) is 4.36. The summed E-state index contributed by atoms with van der Waals surface area (Å²) in [6.45, 7) is 5.58. The Morgan fingerprint density at radius 3 is 2.81 bits per heavy atom. The molecule has 1 aromatic carbocycles. The molecule has 1 amide bonds. The number of halogens is 1. The maximum Gasteiger partial charge on any atom is 0.410 e. The molecular formula is C23H23FN4O3. The van der Waals surface area contributed by atoms with Crippen LogP contribution in [0.1, 0.15) is 45.2 Å². The maximum absolute atomic E-state index is 15.9. The van der Waals surface area contributed by atoms with E-state index in [1.165, 1.54) is 4.90 Å². The van der Waals surface area contributed by atoms with E-state index in [-0.39, 0.29) is 18.9 Å². The normalized spacial score (nSPS) is 19.3. The zero-order valence-corrected chi connectivity index (χ0v) is 17.7. The number of piperidine rings is 1. The summed E-state index contributed by atoms with van der Waals surface area (Å²) >= 11 is 0. The fourth-order valence-corrected chi connectivity index (χ4v) is 3.64. The molecule has 1 aliphatic rings. The van der Waals surface area contributed by atoms with Gasteiger partial charge in [0.25, 0.3) is 0 Å². The second-order valence-corrected chi connectivity index (χ2v) is 8.71. The SMILES string of the molecule is CC(C)(C)OC(=O)N1CCCC(F)(c2nc3cc(-c4ccnc(C#N)c4)ccc3o2)C1. The number of alkyl halides is 1. The Kier molecular flexibility index (Phi) is 5.13. The number of benzene rings is 1. The predicted octanol–water partition coefficient (Wildman–Crippen LogP) is 4.96. The Morgan fingerprint density at radius 2 is 2.06 bits per heavy atom. The van der Waals surface area contributed by atoms with E-state index >= 15 is 4.39 Å². The predicted molar refractivity (Wildman–Crippen MR) is 112 cm³/mol. The van der Waals surface area contributed by atoms with Gasteiger partial charge in [-0.1, -0.05) is 6.07 Å². The zero-order valence-electron chi connectivity index (χ0n) is 17.7. The highest BCUT2D eigenvalue weighted by Crippen LogP contribution is 2.37. The fraction of sp³-hybridized carbons (Fsp3) is 0.391. The summed E-state index contributed by atoms with van der Waals surface area (Å²) < 4.78 is 27.0. The Balaban J connectivity index is 1.61. The Morgan fingerprint density at radius 1 is 1.29 bits per heavy atom. The molecule has 1 fully saturated rings. The van der Waals surface area contributed by atoms with Gasteiger partial charge in [-0.15, -0.1) is 0 Å². The molecule has 0 spiro atoms. The molecular weight excluding hydrogens is 399 g/mol. The van der Waals surface area contributed by atoms with Gasteiger partial charge in [-0.05, 0) is 69.0 Å². The minimum atomic E-state index is -1.89. The lowest BCUT2D eigenvalue weighted by atomic mass is 9.95. The molecule has 2 aromatic heterocycles. The van der Waals surface area contributed by atoms with Gasteiger partial charge in [0.2, 0.25) is 11.6 Å². The average Bonchev–Trinajstić information content (AvgIpc) is 3.17. The van der Waals surface area contributed by atoms with Gasteiger partial charge in [-0.2, -0.15) is 5.26 Å². The van der Waals surface area contributed by atoms with Crippen molar-refractivity contribution in [2.45, 2.75) is 44.9 Å². The van der Waals surface area contributed by atoms with E-state index in [9.17, 15) is 4.79 Å². The van der Waals surface area contributed by atoms with E-state index < -0.39 is 17.4 Å². The molecule has 1 unspecified atom stereocenters. The third-order valence-electron chi connectivity index (χ3n) is 5.07. The lowest BCUT2D eigenvalue weighted by molar-refractivity contribution is -0.0140. The number of carbonyl (C=O) groups is 1. The number of rotatable bonds is 2. The first kappa shape index (κ1) is 20.8. The van der Waals surface area contributed by atoms with Crippen molar-refractivity contribution in [3.05, 3.63) is 48.1 Å². The van der Waals surface area contributed by atoms with Crippen LogP contribution in [-0.4, -0.2) is 39.7 Å². The van der Waals surface area contributed by atoms with Crippen molar-refractivity contribution in [2.75, 3.05) is 13.1 Å². The zero-order chi connectivity index (χ0) is 22.2. The van der Waals surface area contributed by atoms with Crippen LogP contribution in [0.4, 0.5) is 9.18 Å². The van der Waals surface area contributed by atoms with Crippen LogP contribution < -0.4 is 0 Å². The van der Waals surface area contributed by atoms with Gasteiger partial charge in [0, 0.05) is 12.7 Å². The lowest BCUT2D eigenvalue weighted by Gasteiger charge is -2.36. The summed E-state index contributed by atoms with van der Waals surface area (Å²) in [4.78, 5) is 22.2. The van der Waals surface area contributed by atoms with Gasteiger partial charge in [-0.25, -0.2) is 19.2 Å².